The van der Waals surface area contributed by atoms with Crippen molar-refractivity contribution in [1.29, 1.82) is 0 Å². The molecule has 1 atom stereocenters. The lowest BCUT2D eigenvalue weighted by Gasteiger charge is -1.98. The molecule has 2 N–H and O–H groups in total. The number of nitrogens with one attached hydrogen (secondary N) is 1. The molecule has 1 heterocycles. The van der Waals surface area contributed by atoms with Crippen molar-refractivity contribution in [2.45, 2.75) is 19.4 Å². The van der Waals surface area contributed by atoms with Crippen LogP contribution in [0, 0.1) is 6.20 Å². The van der Waals surface area contributed by atoms with Gasteiger partial charge >= 0.3 is 0 Å². The minimum Gasteiger partial charge on any atom is -0.387 e. The molecule has 4 heteroatoms. The summed E-state index contributed by atoms with van der Waals surface area (Å²) in [7, 11) is 0. The highest BCUT2D eigenvalue weighted by atomic mass is 16.3. The molecule has 9 heavy (non-hydrogen) atoms. The highest BCUT2D eigenvalue weighted by molar-refractivity contribution is 4.92. The van der Waals surface area contributed by atoms with Crippen LogP contribution in [-0.4, -0.2) is 20.5 Å². The lowest BCUT2D eigenvalue weighted by molar-refractivity contribution is 0.168. The summed E-state index contributed by atoms with van der Waals surface area (Å²) in [4.78, 5) is 0. The Balaban J connectivity index is 2.65. The van der Waals surface area contributed by atoms with Gasteiger partial charge in [-0.25, -0.2) is 0 Å². The zero-order chi connectivity index (χ0) is 6.69. The first-order chi connectivity index (χ1) is 4.34. The highest BCUT2D eigenvalue weighted by Crippen LogP contribution is 2.09. The van der Waals surface area contributed by atoms with Gasteiger partial charge in [-0.2, -0.15) is 0 Å². The Labute approximate surface area is 52.9 Å². The standard InChI is InChI=1S/C5H8N3O/c1-2-5(9)4-3-6-8-7-4/h5,9H,2H2,1H3,(H,6,7,8). The molecule has 0 spiro atoms. The minimum absolute atomic E-state index is 0.484. The van der Waals surface area contributed by atoms with Crippen LogP contribution in [0.4, 0.5) is 0 Å². The van der Waals surface area contributed by atoms with E-state index in [2.05, 4.69) is 21.6 Å². The first-order valence-electron chi connectivity index (χ1n) is 2.81. The third-order valence-corrected chi connectivity index (χ3v) is 1.09. The molecule has 0 fully saturated rings. The molecule has 0 aliphatic rings. The second-order valence-corrected chi connectivity index (χ2v) is 1.75. The van der Waals surface area contributed by atoms with E-state index in [4.69, 9.17) is 5.11 Å². The summed E-state index contributed by atoms with van der Waals surface area (Å²) in [5.41, 5.74) is 0.484. The molecule has 1 aromatic rings. The smallest absolute Gasteiger partial charge is 0.121 e. The summed E-state index contributed by atoms with van der Waals surface area (Å²) in [5.74, 6) is 0. The van der Waals surface area contributed by atoms with Gasteiger partial charge in [-0.1, -0.05) is 12.1 Å². The van der Waals surface area contributed by atoms with E-state index in [1.54, 1.807) is 0 Å². The molecule has 1 radical (unpaired) electrons. The van der Waals surface area contributed by atoms with Crippen molar-refractivity contribution < 1.29 is 5.11 Å². The largest absolute Gasteiger partial charge is 0.387 e. The zero-order valence-electron chi connectivity index (χ0n) is 5.13. The fourth-order valence-electron chi connectivity index (χ4n) is 0.529. The highest BCUT2D eigenvalue weighted by Gasteiger charge is 2.06. The lowest BCUT2D eigenvalue weighted by Crippen LogP contribution is -1.94. The van der Waals surface area contributed by atoms with Gasteiger partial charge in [0.15, 0.2) is 0 Å². The number of H-pyrrole nitrogens is 1. The van der Waals surface area contributed by atoms with E-state index >= 15 is 0 Å². The van der Waals surface area contributed by atoms with Crippen LogP contribution in [-0.2, 0) is 0 Å². The number of aromatic amines is 1. The van der Waals surface area contributed by atoms with E-state index in [1.807, 2.05) is 6.92 Å². The van der Waals surface area contributed by atoms with Crippen LogP contribution in [0.3, 0.4) is 0 Å². The van der Waals surface area contributed by atoms with Crippen LogP contribution >= 0.6 is 0 Å². The minimum atomic E-state index is -0.524. The number of aliphatic hydroxyl groups is 1. The molecule has 1 aromatic heterocycles. The molecule has 0 aromatic carbocycles. The quantitative estimate of drug-likeness (QED) is 0.588. The second kappa shape index (κ2) is 2.59. The van der Waals surface area contributed by atoms with Gasteiger partial charge in [0.25, 0.3) is 0 Å². The average Bonchev–Trinajstić information content (AvgIpc) is 2.37. The predicted molar refractivity (Wildman–Crippen MR) is 30.5 cm³/mol. The van der Waals surface area contributed by atoms with Gasteiger partial charge in [-0.3, -0.25) is 5.10 Å². The predicted octanol–water partition coefficient (Wildman–Crippen LogP) is 0.0483. The number of hydrogen-bond acceptors (Lipinski definition) is 3. The first-order valence-corrected chi connectivity index (χ1v) is 2.81. The summed E-state index contributed by atoms with van der Waals surface area (Å²) in [5, 5.41) is 18.4. The van der Waals surface area contributed by atoms with Crippen molar-refractivity contribution >= 4 is 0 Å². The Hall–Kier alpha value is -0.900. The Morgan fingerprint density at radius 1 is 1.89 bits per heavy atom. The average molecular weight is 126 g/mol. The Bertz CT molecular complexity index is 161. The van der Waals surface area contributed by atoms with Gasteiger partial charge in [-0.15, -0.1) is 5.10 Å². The molecular formula is C5H8N3O. The summed E-state index contributed by atoms with van der Waals surface area (Å²) in [6.07, 6.45) is 2.71. The molecule has 1 unspecified atom stereocenters. The fraction of sp³-hybridized carbons (Fsp3) is 0.600. The number of hydrogen-bond donors (Lipinski definition) is 2. The van der Waals surface area contributed by atoms with Crippen LogP contribution in [0.5, 0.6) is 0 Å². The summed E-state index contributed by atoms with van der Waals surface area (Å²) in [6, 6.07) is 0. The summed E-state index contributed by atoms with van der Waals surface area (Å²) < 4.78 is 0. The van der Waals surface area contributed by atoms with Gasteiger partial charge in [-0.05, 0) is 6.42 Å². The van der Waals surface area contributed by atoms with E-state index in [0.717, 1.165) is 0 Å². The van der Waals surface area contributed by atoms with Crippen LogP contribution in [0.2, 0.25) is 0 Å². The van der Waals surface area contributed by atoms with E-state index in [-0.39, 0.29) is 0 Å². The van der Waals surface area contributed by atoms with E-state index < -0.39 is 6.10 Å². The molecule has 1 rings (SSSR count). The first kappa shape index (κ1) is 6.22. The number of aromatic nitrogens is 3. The maximum Gasteiger partial charge on any atom is 0.121 e. The molecule has 0 amide bonds. The summed E-state index contributed by atoms with van der Waals surface area (Å²) >= 11 is 0. The van der Waals surface area contributed by atoms with Crippen molar-refractivity contribution in [2.75, 3.05) is 0 Å². The topological polar surface area (TPSA) is 61.8 Å². The summed E-state index contributed by atoms with van der Waals surface area (Å²) in [6.45, 7) is 1.87. The number of nitrogens with zero attached hydrogens (tertiary/aromatic N) is 2. The third kappa shape index (κ3) is 1.26. The SMILES string of the molecule is CCC(O)c1[c][nH]nn1. The monoisotopic (exact) mass is 126 g/mol. The van der Waals surface area contributed by atoms with E-state index in [1.165, 1.54) is 0 Å². The molecule has 0 saturated heterocycles. The number of aliphatic hydroxyl groups excluding tert-OH is 1. The molecular weight excluding hydrogens is 118 g/mol. The van der Waals surface area contributed by atoms with E-state index in [9.17, 15) is 0 Å². The van der Waals surface area contributed by atoms with Crippen LogP contribution in [0.1, 0.15) is 25.1 Å². The van der Waals surface area contributed by atoms with Crippen molar-refractivity contribution in [3.05, 3.63) is 11.9 Å². The molecule has 0 saturated carbocycles. The second-order valence-electron chi connectivity index (χ2n) is 1.75. The van der Waals surface area contributed by atoms with Gasteiger partial charge in [0.1, 0.15) is 11.9 Å². The van der Waals surface area contributed by atoms with Gasteiger partial charge in [0.05, 0.1) is 6.10 Å². The van der Waals surface area contributed by atoms with Crippen LogP contribution in [0.15, 0.2) is 0 Å². The molecule has 0 aliphatic heterocycles. The van der Waals surface area contributed by atoms with Crippen molar-refractivity contribution in [3.8, 4) is 0 Å². The van der Waals surface area contributed by atoms with Crippen molar-refractivity contribution in [2.24, 2.45) is 0 Å². The van der Waals surface area contributed by atoms with Gasteiger partial charge in [0.2, 0.25) is 0 Å². The maximum atomic E-state index is 9.06. The third-order valence-electron chi connectivity index (χ3n) is 1.09. The van der Waals surface area contributed by atoms with Gasteiger partial charge < -0.3 is 5.11 Å². The normalized spacial score (nSPS) is 13.6. The fourth-order valence-corrected chi connectivity index (χ4v) is 0.529. The Morgan fingerprint density at radius 2 is 2.67 bits per heavy atom. The molecule has 4 nitrogen and oxygen atoms in total. The van der Waals surface area contributed by atoms with Crippen molar-refractivity contribution in [1.82, 2.24) is 15.4 Å². The van der Waals surface area contributed by atoms with Crippen LogP contribution < -0.4 is 0 Å². The van der Waals surface area contributed by atoms with Gasteiger partial charge in [0, 0.05) is 0 Å². The molecule has 0 bridgehead atoms. The Kier molecular flexibility index (Phi) is 1.79. The Morgan fingerprint density at radius 3 is 3.11 bits per heavy atom. The van der Waals surface area contributed by atoms with E-state index in [0.29, 0.717) is 12.1 Å². The molecule has 49 valence electrons. The number of rotatable bonds is 2. The van der Waals surface area contributed by atoms with Crippen molar-refractivity contribution in [3.63, 3.8) is 0 Å². The van der Waals surface area contributed by atoms with Crippen LogP contribution in [0.25, 0.3) is 0 Å². The molecule has 0 aliphatic carbocycles. The lowest BCUT2D eigenvalue weighted by atomic mass is 10.2. The maximum absolute atomic E-state index is 9.06. The zero-order valence-corrected chi connectivity index (χ0v) is 5.13.